The lowest BCUT2D eigenvalue weighted by molar-refractivity contribution is -0.143. The molecular formula is C20H22BrNO2S. The smallest absolute Gasteiger partial charge is 0.307 e. The summed E-state index contributed by atoms with van der Waals surface area (Å²) in [6, 6.07) is 12.5. The molecule has 0 amide bonds. The maximum Gasteiger partial charge on any atom is 0.307 e. The van der Waals surface area contributed by atoms with Crippen molar-refractivity contribution in [3.8, 4) is 0 Å². The van der Waals surface area contributed by atoms with Gasteiger partial charge in [-0.15, -0.1) is 11.3 Å². The summed E-state index contributed by atoms with van der Waals surface area (Å²) in [5.74, 6) is -0.870. The van der Waals surface area contributed by atoms with Crippen LogP contribution in [0.2, 0.25) is 0 Å². The van der Waals surface area contributed by atoms with Crippen LogP contribution in [0, 0.1) is 5.92 Å². The van der Waals surface area contributed by atoms with E-state index < -0.39 is 5.97 Å². The Labute approximate surface area is 161 Å². The van der Waals surface area contributed by atoms with Gasteiger partial charge in [0.25, 0.3) is 0 Å². The van der Waals surface area contributed by atoms with Gasteiger partial charge in [0.15, 0.2) is 0 Å². The summed E-state index contributed by atoms with van der Waals surface area (Å²) in [4.78, 5) is 14.7. The molecule has 5 heteroatoms. The number of halogens is 1. The van der Waals surface area contributed by atoms with E-state index in [9.17, 15) is 9.90 Å². The predicted molar refractivity (Wildman–Crippen MR) is 107 cm³/mol. The van der Waals surface area contributed by atoms with Crippen LogP contribution < -0.4 is 0 Å². The maximum atomic E-state index is 11.2. The molecule has 0 bridgehead atoms. The van der Waals surface area contributed by atoms with E-state index in [2.05, 4.69) is 62.6 Å². The van der Waals surface area contributed by atoms with Crippen LogP contribution in [0.4, 0.5) is 0 Å². The quantitative estimate of drug-likeness (QED) is 0.705. The summed E-state index contributed by atoms with van der Waals surface area (Å²) in [6.07, 6.45) is 4.99. The van der Waals surface area contributed by atoms with Crippen molar-refractivity contribution in [2.45, 2.75) is 19.3 Å². The lowest BCUT2D eigenvalue weighted by Gasteiger charge is -2.30. The Bertz CT molecular complexity index is 741. The predicted octanol–water partition coefficient (Wildman–Crippen LogP) is 5.13. The number of hydrogen-bond acceptors (Lipinski definition) is 3. The number of likely N-dealkylation sites (tertiary alicyclic amines) is 1. The average molecular weight is 420 g/mol. The normalized spacial score (nSPS) is 19.1. The fourth-order valence-corrected chi connectivity index (χ4v) is 4.95. The van der Waals surface area contributed by atoms with Gasteiger partial charge in [-0.2, -0.15) is 0 Å². The summed E-state index contributed by atoms with van der Waals surface area (Å²) in [5.41, 5.74) is 2.46. The summed E-state index contributed by atoms with van der Waals surface area (Å²) in [6.45, 7) is 2.58. The number of carbonyl (C=O) groups is 1. The first-order chi connectivity index (χ1) is 12.1. The minimum absolute atomic E-state index is 0.210. The van der Waals surface area contributed by atoms with Crippen LogP contribution in [0.3, 0.4) is 0 Å². The highest BCUT2D eigenvalue weighted by atomic mass is 79.9. The highest BCUT2D eigenvalue weighted by Gasteiger charge is 2.24. The first kappa shape index (κ1) is 18.4. The summed E-state index contributed by atoms with van der Waals surface area (Å²) < 4.78 is 1.12. The van der Waals surface area contributed by atoms with Crippen molar-refractivity contribution in [2.24, 2.45) is 5.92 Å². The second-order valence-corrected chi connectivity index (χ2v) is 8.12. The van der Waals surface area contributed by atoms with Crippen molar-refractivity contribution in [2.75, 3.05) is 19.6 Å². The van der Waals surface area contributed by atoms with E-state index in [0.29, 0.717) is 6.54 Å². The molecule has 1 aliphatic heterocycles. The highest BCUT2D eigenvalue weighted by molar-refractivity contribution is 9.10. The zero-order valence-corrected chi connectivity index (χ0v) is 16.4. The number of hydrogen-bond donors (Lipinski definition) is 1. The van der Waals surface area contributed by atoms with Crippen LogP contribution >= 0.6 is 27.3 Å². The van der Waals surface area contributed by atoms with Crippen LogP contribution in [0.5, 0.6) is 0 Å². The number of nitrogens with zero attached hydrogens (tertiary/aromatic N) is 1. The lowest BCUT2D eigenvalue weighted by Crippen LogP contribution is -2.39. The van der Waals surface area contributed by atoms with Crippen LogP contribution in [-0.4, -0.2) is 35.6 Å². The van der Waals surface area contributed by atoms with Gasteiger partial charge >= 0.3 is 5.97 Å². The molecule has 1 atom stereocenters. The van der Waals surface area contributed by atoms with Crippen molar-refractivity contribution in [1.82, 2.24) is 4.90 Å². The number of aliphatic carboxylic acids is 1. The third-order valence-corrected chi connectivity index (χ3v) is 6.47. The third kappa shape index (κ3) is 4.81. The first-order valence-electron chi connectivity index (χ1n) is 8.59. The van der Waals surface area contributed by atoms with Gasteiger partial charge in [0, 0.05) is 22.4 Å². The van der Waals surface area contributed by atoms with E-state index in [1.165, 1.54) is 16.0 Å². The molecule has 0 radical (unpaired) electrons. The van der Waals surface area contributed by atoms with Gasteiger partial charge in [0.1, 0.15) is 0 Å². The molecule has 3 nitrogen and oxygen atoms in total. The van der Waals surface area contributed by atoms with Crippen molar-refractivity contribution in [3.63, 3.8) is 0 Å². The second kappa shape index (κ2) is 8.79. The van der Waals surface area contributed by atoms with Crippen molar-refractivity contribution < 1.29 is 9.90 Å². The molecule has 1 aromatic heterocycles. The van der Waals surface area contributed by atoms with Crippen molar-refractivity contribution in [3.05, 3.63) is 62.8 Å². The molecule has 2 heterocycles. The molecule has 132 valence electrons. The van der Waals surface area contributed by atoms with Gasteiger partial charge in [-0.05, 0) is 64.3 Å². The molecule has 1 unspecified atom stereocenters. The standard InChI is InChI=1S/C20H22BrNO2S/c21-18-10-13-25-19(18)17(15-6-2-1-3-7-15)9-5-12-22-11-4-8-16(14-22)20(23)24/h1-3,6-7,9-10,13,16H,4-5,8,11-12,14H2,(H,23,24). The summed E-state index contributed by atoms with van der Waals surface area (Å²) in [7, 11) is 0. The van der Waals surface area contributed by atoms with Gasteiger partial charge in [0.05, 0.1) is 5.92 Å². The minimum Gasteiger partial charge on any atom is -0.481 e. The Kier molecular flexibility index (Phi) is 6.45. The SMILES string of the molecule is O=C(O)C1CCCN(CCC=C(c2ccccc2)c2sccc2Br)C1. The Morgan fingerprint density at radius 1 is 1.32 bits per heavy atom. The molecule has 0 saturated carbocycles. The van der Waals surface area contributed by atoms with E-state index in [4.69, 9.17) is 0 Å². The third-order valence-electron chi connectivity index (χ3n) is 4.60. The first-order valence-corrected chi connectivity index (χ1v) is 10.3. The van der Waals surface area contributed by atoms with Gasteiger partial charge in [-0.1, -0.05) is 36.4 Å². The Morgan fingerprint density at radius 2 is 2.12 bits per heavy atom. The molecule has 25 heavy (non-hydrogen) atoms. The number of piperidine rings is 1. The van der Waals surface area contributed by atoms with E-state index >= 15 is 0 Å². The molecular weight excluding hydrogens is 398 g/mol. The average Bonchev–Trinajstić information content (AvgIpc) is 3.05. The zero-order chi connectivity index (χ0) is 17.6. The van der Waals surface area contributed by atoms with Gasteiger partial charge in [-0.25, -0.2) is 0 Å². The Morgan fingerprint density at radius 3 is 2.80 bits per heavy atom. The lowest BCUT2D eigenvalue weighted by atomic mass is 9.98. The van der Waals surface area contributed by atoms with E-state index in [1.54, 1.807) is 11.3 Å². The topological polar surface area (TPSA) is 40.5 Å². The number of carboxylic acids is 1. The fraction of sp³-hybridized carbons (Fsp3) is 0.350. The minimum atomic E-state index is -0.660. The molecule has 0 aliphatic carbocycles. The van der Waals surface area contributed by atoms with Crippen molar-refractivity contribution in [1.29, 1.82) is 0 Å². The number of benzene rings is 1. The van der Waals surface area contributed by atoms with Gasteiger partial charge in [0.2, 0.25) is 0 Å². The Balaban J connectivity index is 1.72. The van der Waals surface area contributed by atoms with Crippen LogP contribution in [-0.2, 0) is 4.79 Å². The molecule has 2 aromatic rings. The molecule has 1 aromatic carbocycles. The molecule has 1 N–H and O–H groups in total. The molecule has 3 rings (SSSR count). The van der Waals surface area contributed by atoms with E-state index in [0.717, 1.165) is 36.8 Å². The fourth-order valence-electron chi connectivity index (χ4n) is 3.30. The number of thiophene rings is 1. The number of rotatable bonds is 6. The van der Waals surface area contributed by atoms with Crippen molar-refractivity contribution >= 4 is 38.8 Å². The zero-order valence-electron chi connectivity index (χ0n) is 14.0. The Hall–Kier alpha value is -1.43. The molecule has 1 aliphatic rings. The monoisotopic (exact) mass is 419 g/mol. The highest BCUT2D eigenvalue weighted by Crippen LogP contribution is 2.34. The molecule has 1 saturated heterocycles. The largest absolute Gasteiger partial charge is 0.481 e. The second-order valence-electron chi connectivity index (χ2n) is 6.35. The summed E-state index contributed by atoms with van der Waals surface area (Å²) in [5, 5.41) is 11.3. The van der Waals surface area contributed by atoms with Gasteiger partial charge in [-0.3, -0.25) is 4.79 Å². The number of carboxylic acid groups (broad SMARTS) is 1. The summed E-state index contributed by atoms with van der Waals surface area (Å²) >= 11 is 5.39. The van der Waals surface area contributed by atoms with E-state index in [1.807, 2.05) is 6.07 Å². The maximum absolute atomic E-state index is 11.2. The van der Waals surface area contributed by atoms with Crippen LogP contribution in [0.1, 0.15) is 29.7 Å². The van der Waals surface area contributed by atoms with Crippen LogP contribution in [0.15, 0.2) is 52.3 Å². The molecule has 1 fully saturated rings. The van der Waals surface area contributed by atoms with Crippen LogP contribution in [0.25, 0.3) is 5.57 Å². The van der Waals surface area contributed by atoms with Gasteiger partial charge < -0.3 is 10.0 Å². The van der Waals surface area contributed by atoms with E-state index in [-0.39, 0.29) is 5.92 Å². The molecule has 0 spiro atoms.